The van der Waals surface area contributed by atoms with Crippen molar-refractivity contribution in [3.63, 3.8) is 0 Å². The Balaban J connectivity index is 1.43. The third kappa shape index (κ3) is 2.63. The third-order valence-corrected chi connectivity index (χ3v) is 6.05. The number of piperidine rings is 1. The van der Waals surface area contributed by atoms with Crippen LogP contribution >= 0.6 is 0 Å². The van der Waals surface area contributed by atoms with Crippen LogP contribution in [0.4, 0.5) is 0 Å². The van der Waals surface area contributed by atoms with Gasteiger partial charge in [0.2, 0.25) is 0 Å². The summed E-state index contributed by atoms with van der Waals surface area (Å²) in [5.74, 6) is 4.34. The van der Waals surface area contributed by atoms with Gasteiger partial charge in [0.15, 0.2) is 0 Å². The Hall–Kier alpha value is -1.80. The molecule has 1 saturated carbocycles. The van der Waals surface area contributed by atoms with Gasteiger partial charge in [-0.3, -0.25) is 0 Å². The lowest BCUT2D eigenvalue weighted by atomic mass is 9.74. The monoisotopic (exact) mass is 319 g/mol. The molecule has 0 spiro atoms. The van der Waals surface area contributed by atoms with E-state index in [4.69, 9.17) is 4.74 Å². The molecule has 2 aromatic carbocycles. The van der Waals surface area contributed by atoms with Crippen molar-refractivity contribution in [3.05, 3.63) is 59.7 Å². The van der Waals surface area contributed by atoms with Crippen molar-refractivity contribution >= 4 is 0 Å². The van der Waals surface area contributed by atoms with Crippen molar-refractivity contribution in [2.45, 2.75) is 31.6 Å². The smallest absolute Gasteiger partial charge is 0.131 e. The van der Waals surface area contributed by atoms with Crippen LogP contribution in [0.15, 0.2) is 48.5 Å². The van der Waals surface area contributed by atoms with E-state index < -0.39 is 0 Å². The molecule has 0 bridgehead atoms. The Morgan fingerprint density at radius 3 is 1.96 bits per heavy atom. The van der Waals surface area contributed by atoms with Crippen LogP contribution in [0.2, 0.25) is 0 Å². The molecule has 1 aliphatic carbocycles. The zero-order chi connectivity index (χ0) is 15.9. The van der Waals surface area contributed by atoms with Crippen molar-refractivity contribution in [1.29, 1.82) is 0 Å². The Kier molecular flexibility index (Phi) is 3.59. The van der Waals surface area contributed by atoms with Gasteiger partial charge in [0.25, 0.3) is 0 Å². The maximum absolute atomic E-state index is 6.17. The minimum absolute atomic E-state index is 0.495. The number of fused-ring (bicyclic) bond motifs is 2. The van der Waals surface area contributed by atoms with Crippen molar-refractivity contribution < 1.29 is 4.74 Å². The van der Waals surface area contributed by atoms with Crippen LogP contribution < -0.4 is 4.74 Å². The molecule has 0 amide bonds. The van der Waals surface area contributed by atoms with Crippen LogP contribution in [0.1, 0.15) is 42.7 Å². The average Bonchev–Trinajstić information content (AvgIpc) is 3.44. The highest BCUT2D eigenvalue weighted by molar-refractivity contribution is 5.53. The van der Waals surface area contributed by atoms with Gasteiger partial charge in [0.1, 0.15) is 11.5 Å². The van der Waals surface area contributed by atoms with Crippen LogP contribution in [-0.4, -0.2) is 24.5 Å². The van der Waals surface area contributed by atoms with Gasteiger partial charge in [-0.1, -0.05) is 36.4 Å². The highest BCUT2D eigenvalue weighted by atomic mass is 16.5. The Labute approximate surface area is 144 Å². The molecule has 2 heterocycles. The first-order valence-corrected chi connectivity index (χ1v) is 9.46. The summed E-state index contributed by atoms with van der Waals surface area (Å²) in [5, 5.41) is 0. The molecule has 0 N–H and O–H groups in total. The summed E-state index contributed by atoms with van der Waals surface area (Å²) in [4.78, 5) is 2.70. The summed E-state index contributed by atoms with van der Waals surface area (Å²) in [7, 11) is 0. The standard InChI is InChI=1S/C22H25NO/c1-3-7-20-18(5-1)22(19-6-2-4-8-21(19)24-20)17-11-13-23(14-12-17)15-16-9-10-16/h1-8,16-17,22H,9-15H2. The Bertz CT molecular complexity index is 683. The molecule has 124 valence electrons. The van der Waals surface area contributed by atoms with Gasteiger partial charge in [0.05, 0.1) is 0 Å². The topological polar surface area (TPSA) is 12.5 Å². The fraction of sp³-hybridized carbons (Fsp3) is 0.455. The zero-order valence-electron chi connectivity index (χ0n) is 14.2. The quantitative estimate of drug-likeness (QED) is 0.785. The molecular weight excluding hydrogens is 294 g/mol. The highest BCUT2D eigenvalue weighted by Crippen LogP contribution is 2.49. The van der Waals surface area contributed by atoms with Gasteiger partial charge < -0.3 is 9.64 Å². The van der Waals surface area contributed by atoms with Crippen molar-refractivity contribution in [3.8, 4) is 11.5 Å². The van der Waals surface area contributed by atoms with Crippen LogP contribution in [-0.2, 0) is 0 Å². The van der Waals surface area contributed by atoms with Gasteiger partial charge >= 0.3 is 0 Å². The number of hydrogen-bond acceptors (Lipinski definition) is 2. The predicted molar refractivity (Wildman–Crippen MR) is 96.7 cm³/mol. The second-order valence-corrected chi connectivity index (χ2v) is 7.74. The lowest BCUT2D eigenvalue weighted by Crippen LogP contribution is -2.37. The summed E-state index contributed by atoms with van der Waals surface area (Å²) in [6, 6.07) is 17.3. The van der Waals surface area contributed by atoms with E-state index in [1.165, 1.54) is 56.4 Å². The second-order valence-electron chi connectivity index (χ2n) is 7.74. The molecule has 0 unspecified atom stereocenters. The fourth-order valence-electron chi connectivity index (χ4n) is 4.59. The Morgan fingerprint density at radius 2 is 1.38 bits per heavy atom. The first-order valence-electron chi connectivity index (χ1n) is 9.46. The zero-order valence-corrected chi connectivity index (χ0v) is 14.2. The molecule has 1 saturated heterocycles. The van der Waals surface area contributed by atoms with Crippen LogP contribution in [0.5, 0.6) is 11.5 Å². The summed E-state index contributed by atoms with van der Waals surface area (Å²) in [6.45, 7) is 3.87. The predicted octanol–water partition coefficient (Wildman–Crippen LogP) is 5.05. The van der Waals surface area contributed by atoms with Crippen LogP contribution in [0.3, 0.4) is 0 Å². The molecule has 2 aliphatic heterocycles. The maximum Gasteiger partial charge on any atom is 0.131 e. The van der Waals surface area contributed by atoms with Gasteiger partial charge in [-0.2, -0.15) is 0 Å². The van der Waals surface area contributed by atoms with E-state index in [0.717, 1.165) is 23.3 Å². The maximum atomic E-state index is 6.17. The Morgan fingerprint density at radius 1 is 0.792 bits per heavy atom. The molecule has 2 nitrogen and oxygen atoms in total. The normalized spacial score (nSPS) is 21.8. The number of rotatable bonds is 3. The summed E-state index contributed by atoms with van der Waals surface area (Å²) in [5.41, 5.74) is 2.77. The minimum Gasteiger partial charge on any atom is -0.457 e. The third-order valence-electron chi connectivity index (χ3n) is 6.05. The van der Waals surface area contributed by atoms with Gasteiger partial charge in [-0.05, 0) is 62.7 Å². The van der Waals surface area contributed by atoms with Gasteiger partial charge in [-0.15, -0.1) is 0 Å². The van der Waals surface area contributed by atoms with Crippen LogP contribution in [0.25, 0.3) is 0 Å². The molecule has 0 radical (unpaired) electrons. The van der Waals surface area contributed by atoms with Crippen molar-refractivity contribution in [2.75, 3.05) is 19.6 Å². The molecule has 0 atom stereocenters. The molecule has 5 rings (SSSR count). The minimum atomic E-state index is 0.495. The van der Waals surface area contributed by atoms with Crippen LogP contribution in [0, 0.1) is 11.8 Å². The summed E-state index contributed by atoms with van der Waals surface area (Å²) in [6.07, 6.45) is 5.53. The van der Waals surface area contributed by atoms with E-state index in [1.807, 2.05) is 0 Å². The fourth-order valence-corrected chi connectivity index (χ4v) is 4.59. The highest BCUT2D eigenvalue weighted by Gasteiger charge is 2.35. The van der Waals surface area contributed by atoms with E-state index in [0.29, 0.717) is 5.92 Å². The van der Waals surface area contributed by atoms with Gasteiger partial charge in [0, 0.05) is 23.6 Å². The number of hydrogen-bond donors (Lipinski definition) is 0. The molecule has 3 aliphatic rings. The molecular formula is C22H25NO. The number of nitrogens with zero attached hydrogens (tertiary/aromatic N) is 1. The van der Waals surface area contributed by atoms with Crippen molar-refractivity contribution in [1.82, 2.24) is 4.90 Å². The second kappa shape index (κ2) is 5.93. The summed E-state index contributed by atoms with van der Waals surface area (Å²) < 4.78 is 6.17. The molecule has 2 heteroatoms. The summed E-state index contributed by atoms with van der Waals surface area (Å²) >= 11 is 0. The van der Waals surface area contributed by atoms with Gasteiger partial charge in [-0.25, -0.2) is 0 Å². The SMILES string of the molecule is c1ccc2c(c1)Oc1ccccc1C2C1CCN(CC2CC2)CC1. The number of benzene rings is 2. The molecule has 2 aromatic rings. The lowest BCUT2D eigenvalue weighted by Gasteiger charge is -2.39. The largest absolute Gasteiger partial charge is 0.457 e. The first kappa shape index (κ1) is 14.5. The number of para-hydroxylation sites is 2. The average molecular weight is 319 g/mol. The van der Waals surface area contributed by atoms with E-state index in [2.05, 4.69) is 53.4 Å². The number of ether oxygens (including phenoxy) is 1. The molecule has 2 fully saturated rings. The van der Waals surface area contributed by atoms with E-state index >= 15 is 0 Å². The molecule has 0 aromatic heterocycles. The van der Waals surface area contributed by atoms with E-state index in [9.17, 15) is 0 Å². The van der Waals surface area contributed by atoms with Crippen molar-refractivity contribution in [2.24, 2.45) is 11.8 Å². The first-order chi connectivity index (χ1) is 11.9. The number of likely N-dealkylation sites (tertiary alicyclic amines) is 1. The molecule has 24 heavy (non-hydrogen) atoms. The van der Waals surface area contributed by atoms with E-state index in [-0.39, 0.29) is 0 Å². The lowest BCUT2D eigenvalue weighted by molar-refractivity contribution is 0.167. The van der Waals surface area contributed by atoms with E-state index in [1.54, 1.807) is 0 Å².